The minimum absolute atomic E-state index is 0.232. The van der Waals surface area contributed by atoms with Gasteiger partial charge in [-0.15, -0.1) is 0 Å². The van der Waals surface area contributed by atoms with Crippen LogP contribution in [0.2, 0.25) is 5.02 Å². The maximum Gasteiger partial charge on any atom is 0.224 e. The third-order valence-corrected chi connectivity index (χ3v) is 3.89. The Morgan fingerprint density at radius 1 is 1.00 bits per heavy atom. The molecule has 3 aromatic rings. The number of hydrogen-bond acceptors (Lipinski definition) is 4. The fraction of sp³-hybridized carbons (Fsp3) is 0.158. The number of benzene rings is 2. The number of halogens is 2. The van der Waals surface area contributed by atoms with Crippen LogP contribution >= 0.6 is 11.6 Å². The number of hydrogen-bond donors (Lipinski definition) is 2. The molecule has 0 atom stereocenters. The summed E-state index contributed by atoms with van der Waals surface area (Å²) in [5.74, 6) is 0.938. The van der Waals surface area contributed by atoms with Crippen molar-refractivity contribution in [3.05, 3.63) is 82.8 Å². The van der Waals surface area contributed by atoms with E-state index in [0.29, 0.717) is 30.4 Å². The first-order valence-corrected chi connectivity index (χ1v) is 8.37. The predicted octanol–water partition coefficient (Wildman–Crippen LogP) is 4.54. The third-order valence-electron chi connectivity index (χ3n) is 3.66. The van der Waals surface area contributed by atoms with Gasteiger partial charge < -0.3 is 10.6 Å². The van der Waals surface area contributed by atoms with Gasteiger partial charge in [-0.2, -0.15) is 4.98 Å². The molecule has 0 saturated carbocycles. The molecule has 2 N–H and O–H groups in total. The van der Waals surface area contributed by atoms with Crippen molar-refractivity contribution in [1.82, 2.24) is 9.97 Å². The maximum atomic E-state index is 13.6. The predicted molar refractivity (Wildman–Crippen MR) is 99.4 cm³/mol. The first-order valence-electron chi connectivity index (χ1n) is 7.99. The zero-order valence-corrected chi connectivity index (χ0v) is 14.3. The molecular formula is C19H18ClFN4. The Morgan fingerprint density at radius 3 is 2.72 bits per heavy atom. The van der Waals surface area contributed by atoms with Crippen molar-refractivity contribution < 1.29 is 4.39 Å². The van der Waals surface area contributed by atoms with Crippen LogP contribution in [0.5, 0.6) is 0 Å². The smallest absolute Gasteiger partial charge is 0.224 e. The van der Waals surface area contributed by atoms with E-state index in [1.54, 1.807) is 24.4 Å². The van der Waals surface area contributed by atoms with Crippen LogP contribution in [-0.4, -0.2) is 16.5 Å². The first-order chi connectivity index (χ1) is 12.2. The van der Waals surface area contributed by atoms with Crippen molar-refractivity contribution in [2.45, 2.75) is 13.0 Å². The molecular weight excluding hydrogens is 339 g/mol. The molecule has 0 spiro atoms. The second kappa shape index (κ2) is 8.44. The van der Waals surface area contributed by atoms with Crippen LogP contribution in [0.4, 0.5) is 16.2 Å². The average Bonchev–Trinajstić information content (AvgIpc) is 2.62. The van der Waals surface area contributed by atoms with Gasteiger partial charge in [0.2, 0.25) is 5.95 Å². The molecule has 0 aliphatic rings. The molecule has 0 amide bonds. The molecule has 0 aliphatic heterocycles. The Morgan fingerprint density at radius 2 is 1.88 bits per heavy atom. The summed E-state index contributed by atoms with van der Waals surface area (Å²) in [6.45, 7) is 1.06. The molecule has 0 bridgehead atoms. The van der Waals surface area contributed by atoms with E-state index >= 15 is 0 Å². The summed E-state index contributed by atoms with van der Waals surface area (Å²) in [7, 11) is 0. The fourth-order valence-corrected chi connectivity index (χ4v) is 2.59. The summed E-state index contributed by atoms with van der Waals surface area (Å²) < 4.78 is 13.6. The lowest BCUT2D eigenvalue weighted by Gasteiger charge is -2.09. The van der Waals surface area contributed by atoms with Crippen LogP contribution in [0.1, 0.15) is 11.1 Å². The molecule has 25 heavy (non-hydrogen) atoms. The Hall–Kier alpha value is -2.66. The quantitative estimate of drug-likeness (QED) is 0.652. The summed E-state index contributed by atoms with van der Waals surface area (Å²) in [5.41, 5.74) is 1.74. The zero-order valence-electron chi connectivity index (χ0n) is 13.5. The number of aromatic nitrogens is 2. The Kier molecular flexibility index (Phi) is 5.80. The van der Waals surface area contributed by atoms with Gasteiger partial charge in [-0.1, -0.05) is 41.9 Å². The van der Waals surface area contributed by atoms with Crippen molar-refractivity contribution in [2.75, 3.05) is 17.2 Å². The van der Waals surface area contributed by atoms with Gasteiger partial charge >= 0.3 is 0 Å². The van der Waals surface area contributed by atoms with E-state index in [4.69, 9.17) is 11.6 Å². The van der Waals surface area contributed by atoms with E-state index in [0.717, 1.165) is 17.0 Å². The van der Waals surface area contributed by atoms with E-state index in [1.165, 1.54) is 6.07 Å². The summed E-state index contributed by atoms with van der Waals surface area (Å²) in [6.07, 6.45) is 2.48. The Balaban J connectivity index is 1.53. The highest BCUT2D eigenvalue weighted by Gasteiger charge is 2.03. The van der Waals surface area contributed by atoms with Crippen molar-refractivity contribution in [1.29, 1.82) is 0 Å². The van der Waals surface area contributed by atoms with Crippen molar-refractivity contribution >= 4 is 23.4 Å². The zero-order chi connectivity index (χ0) is 17.5. The monoisotopic (exact) mass is 356 g/mol. The van der Waals surface area contributed by atoms with Crippen LogP contribution in [0.15, 0.2) is 60.8 Å². The van der Waals surface area contributed by atoms with Gasteiger partial charge in [0.25, 0.3) is 0 Å². The highest BCUT2D eigenvalue weighted by Crippen LogP contribution is 2.13. The minimum Gasteiger partial charge on any atom is -0.366 e. The third kappa shape index (κ3) is 5.16. The highest BCUT2D eigenvalue weighted by molar-refractivity contribution is 6.30. The maximum absolute atomic E-state index is 13.6. The molecule has 2 aromatic carbocycles. The minimum atomic E-state index is -0.232. The van der Waals surface area contributed by atoms with E-state index < -0.39 is 0 Å². The molecule has 128 valence electrons. The van der Waals surface area contributed by atoms with Gasteiger partial charge in [0.05, 0.1) is 0 Å². The number of rotatable bonds is 7. The molecule has 1 heterocycles. The Labute approximate surface area is 151 Å². The molecule has 0 radical (unpaired) electrons. The van der Waals surface area contributed by atoms with Gasteiger partial charge in [0, 0.05) is 29.9 Å². The molecule has 0 fully saturated rings. The molecule has 0 saturated heterocycles. The fourth-order valence-electron chi connectivity index (χ4n) is 2.38. The lowest BCUT2D eigenvalue weighted by molar-refractivity contribution is 0.613. The van der Waals surface area contributed by atoms with Gasteiger partial charge in [-0.05, 0) is 36.2 Å². The standard InChI is InChI=1S/C19H18ClFN4/c20-16-6-3-4-14(12-16)8-10-22-19-23-11-9-18(25-19)24-13-15-5-1-2-7-17(15)21/h1-7,9,11-12H,8,10,13H2,(H2,22,23,24,25). The van der Waals surface area contributed by atoms with E-state index in [2.05, 4.69) is 20.6 Å². The van der Waals surface area contributed by atoms with Gasteiger partial charge in [0.15, 0.2) is 0 Å². The normalized spacial score (nSPS) is 10.5. The molecule has 6 heteroatoms. The topological polar surface area (TPSA) is 49.8 Å². The van der Waals surface area contributed by atoms with Gasteiger partial charge in [0.1, 0.15) is 11.6 Å². The van der Waals surface area contributed by atoms with Crippen LogP contribution in [0.3, 0.4) is 0 Å². The van der Waals surface area contributed by atoms with Crippen molar-refractivity contribution in [3.63, 3.8) is 0 Å². The molecule has 0 aliphatic carbocycles. The number of nitrogens with zero attached hydrogens (tertiary/aromatic N) is 2. The van der Waals surface area contributed by atoms with Gasteiger partial charge in [-0.25, -0.2) is 9.37 Å². The Bertz CT molecular complexity index is 841. The lowest BCUT2D eigenvalue weighted by atomic mass is 10.1. The van der Waals surface area contributed by atoms with Crippen molar-refractivity contribution in [3.8, 4) is 0 Å². The summed E-state index contributed by atoms with van der Waals surface area (Å²) >= 11 is 5.98. The number of anilines is 2. The molecule has 1 aromatic heterocycles. The van der Waals surface area contributed by atoms with Crippen molar-refractivity contribution in [2.24, 2.45) is 0 Å². The largest absolute Gasteiger partial charge is 0.366 e. The summed E-state index contributed by atoms with van der Waals surface area (Å²) in [4.78, 5) is 8.58. The van der Waals surface area contributed by atoms with E-state index in [9.17, 15) is 4.39 Å². The van der Waals surface area contributed by atoms with Gasteiger partial charge in [-0.3, -0.25) is 0 Å². The van der Waals surface area contributed by atoms with Crippen LogP contribution < -0.4 is 10.6 Å². The average molecular weight is 357 g/mol. The SMILES string of the molecule is Fc1ccccc1CNc1ccnc(NCCc2cccc(Cl)c2)n1. The molecule has 3 rings (SSSR count). The number of nitrogens with one attached hydrogen (secondary N) is 2. The van der Waals surface area contributed by atoms with E-state index in [-0.39, 0.29) is 5.82 Å². The summed E-state index contributed by atoms with van der Waals surface area (Å²) in [5, 5.41) is 7.02. The first kappa shape index (κ1) is 17.2. The second-order valence-electron chi connectivity index (χ2n) is 5.52. The van der Waals surface area contributed by atoms with E-state index in [1.807, 2.05) is 30.3 Å². The molecule has 0 unspecified atom stereocenters. The summed E-state index contributed by atoms with van der Waals surface area (Å²) in [6, 6.07) is 16.2. The molecule has 4 nitrogen and oxygen atoms in total. The lowest BCUT2D eigenvalue weighted by Crippen LogP contribution is -2.10. The van der Waals surface area contributed by atoms with Crippen LogP contribution in [-0.2, 0) is 13.0 Å². The highest BCUT2D eigenvalue weighted by atomic mass is 35.5. The van der Waals surface area contributed by atoms with Crippen LogP contribution in [0.25, 0.3) is 0 Å². The van der Waals surface area contributed by atoms with Crippen LogP contribution in [0, 0.1) is 5.82 Å². The second-order valence-corrected chi connectivity index (χ2v) is 5.95.